The minimum Gasteiger partial charge on any atom is -0.475 e. The van der Waals surface area contributed by atoms with Gasteiger partial charge in [-0.15, -0.1) is 0 Å². The maximum Gasteiger partial charge on any atom is 0.490 e. The number of halogens is 5. The van der Waals surface area contributed by atoms with Crippen molar-refractivity contribution in [3.8, 4) is 0 Å². The Bertz CT molecular complexity index is 1220. The molecule has 1 unspecified atom stereocenters. The average molecular weight is 707 g/mol. The zero-order valence-electron chi connectivity index (χ0n) is 27.4. The number of likely N-dealkylation sites (tertiary alicyclic amines) is 2. The standard InChI is InChI=1S/C32H47Cl2N3O3.C2HF3O2/c1-3-4-10-25-22-37(21-24-8-6-5-7-9-24)31(39)40-32(25)13-17-35(18-14-32)26-11-15-36(16-12-26)30(38)29-27(33)19-23(2)20-28(29)34;3-2(4,5)1(6)7/h19-20,24-26H,3-18,21-22H2,1-2H3;(H,6,7). The van der Waals surface area contributed by atoms with Gasteiger partial charge in [-0.3, -0.25) is 9.69 Å². The van der Waals surface area contributed by atoms with Gasteiger partial charge in [0.05, 0.1) is 15.6 Å². The van der Waals surface area contributed by atoms with E-state index < -0.39 is 12.1 Å². The molecule has 0 radical (unpaired) electrons. The molecule has 0 bridgehead atoms. The number of rotatable bonds is 7. The summed E-state index contributed by atoms with van der Waals surface area (Å²) in [4.78, 5) is 41.9. The van der Waals surface area contributed by atoms with Crippen LogP contribution in [0.2, 0.25) is 10.0 Å². The molecule has 47 heavy (non-hydrogen) atoms. The number of alkyl halides is 3. The fraction of sp³-hybridized carbons (Fsp3) is 0.735. The van der Waals surface area contributed by atoms with Crippen LogP contribution in [0.3, 0.4) is 0 Å². The van der Waals surface area contributed by atoms with E-state index in [1.165, 1.54) is 44.9 Å². The van der Waals surface area contributed by atoms with Crippen molar-refractivity contribution in [2.75, 3.05) is 39.3 Å². The van der Waals surface area contributed by atoms with Crippen LogP contribution >= 0.6 is 23.2 Å². The Balaban J connectivity index is 0.000000644. The summed E-state index contributed by atoms with van der Waals surface area (Å²) in [5, 5.41) is 7.98. The molecule has 13 heteroatoms. The monoisotopic (exact) mass is 705 g/mol. The Morgan fingerprint density at radius 1 is 1.00 bits per heavy atom. The van der Waals surface area contributed by atoms with Crippen LogP contribution in [0.5, 0.6) is 0 Å². The normalized spacial score (nSPS) is 22.9. The van der Waals surface area contributed by atoms with E-state index >= 15 is 0 Å². The highest BCUT2D eigenvalue weighted by atomic mass is 35.5. The Morgan fingerprint density at radius 2 is 1.57 bits per heavy atom. The molecule has 0 aromatic heterocycles. The second-order valence-electron chi connectivity index (χ2n) is 13.6. The molecule has 3 saturated heterocycles. The van der Waals surface area contributed by atoms with E-state index in [9.17, 15) is 22.8 Å². The smallest absolute Gasteiger partial charge is 0.475 e. The molecular formula is C34H48Cl2F3N3O5. The van der Waals surface area contributed by atoms with Crippen molar-refractivity contribution in [1.29, 1.82) is 0 Å². The molecule has 5 rings (SSSR count). The second-order valence-corrected chi connectivity index (χ2v) is 14.5. The molecule has 264 valence electrons. The van der Waals surface area contributed by atoms with Gasteiger partial charge in [0.2, 0.25) is 0 Å². The Kier molecular flexibility index (Phi) is 13.1. The first-order valence-corrected chi connectivity index (χ1v) is 17.8. The zero-order valence-corrected chi connectivity index (χ0v) is 28.9. The first-order chi connectivity index (χ1) is 22.2. The summed E-state index contributed by atoms with van der Waals surface area (Å²) < 4.78 is 38.2. The number of hydrogen-bond donors (Lipinski definition) is 1. The predicted octanol–water partition coefficient (Wildman–Crippen LogP) is 8.21. The third kappa shape index (κ3) is 9.69. The molecule has 3 heterocycles. The summed E-state index contributed by atoms with van der Waals surface area (Å²) in [6.45, 7) is 9.22. The SMILES string of the molecule is CCCCC1CN(CC2CCCCC2)C(=O)OC12CCN(C1CCN(C(=O)c3c(Cl)cc(C)cc3Cl)CC1)CC2.O=C(O)C(F)(F)F. The fourth-order valence-electron chi connectivity index (χ4n) is 7.74. The number of carboxylic acid groups (broad SMARTS) is 1. The summed E-state index contributed by atoms with van der Waals surface area (Å²) in [5.41, 5.74) is 1.05. The number of carbonyl (C=O) groups is 3. The minimum absolute atomic E-state index is 0.0725. The highest BCUT2D eigenvalue weighted by Crippen LogP contribution is 2.42. The number of ether oxygens (including phenoxy) is 1. The van der Waals surface area contributed by atoms with Gasteiger partial charge in [0.1, 0.15) is 5.60 Å². The van der Waals surface area contributed by atoms with E-state index in [-0.39, 0.29) is 17.6 Å². The minimum atomic E-state index is -5.08. The van der Waals surface area contributed by atoms with Gasteiger partial charge < -0.3 is 19.6 Å². The zero-order chi connectivity index (χ0) is 34.4. The highest BCUT2D eigenvalue weighted by molar-refractivity contribution is 6.39. The summed E-state index contributed by atoms with van der Waals surface area (Å²) in [5.74, 6) is -1.77. The molecule has 4 fully saturated rings. The summed E-state index contributed by atoms with van der Waals surface area (Å²) in [6.07, 6.45) is 8.47. The number of carboxylic acids is 1. The Morgan fingerprint density at radius 3 is 2.11 bits per heavy atom. The lowest BCUT2D eigenvalue weighted by Crippen LogP contribution is -2.61. The number of hydrogen-bond acceptors (Lipinski definition) is 5. The van der Waals surface area contributed by atoms with Crippen LogP contribution in [-0.2, 0) is 9.53 Å². The maximum absolute atomic E-state index is 13.3. The number of unbranched alkanes of at least 4 members (excludes halogenated alkanes) is 1. The average Bonchev–Trinajstić information content (AvgIpc) is 3.02. The molecule has 1 saturated carbocycles. The van der Waals surface area contributed by atoms with Crippen molar-refractivity contribution in [2.45, 2.75) is 109 Å². The molecule has 1 aliphatic carbocycles. The fourth-order valence-corrected chi connectivity index (χ4v) is 8.50. The Labute approximate surface area is 285 Å². The van der Waals surface area contributed by atoms with Crippen LogP contribution in [0.25, 0.3) is 0 Å². The predicted molar refractivity (Wildman–Crippen MR) is 175 cm³/mol. The van der Waals surface area contributed by atoms with Crippen molar-refractivity contribution in [2.24, 2.45) is 11.8 Å². The van der Waals surface area contributed by atoms with Crippen molar-refractivity contribution in [1.82, 2.24) is 14.7 Å². The lowest BCUT2D eigenvalue weighted by Gasteiger charge is -2.52. The van der Waals surface area contributed by atoms with Crippen LogP contribution in [-0.4, -0.2) is 94.9 Å². The van der Waals surface area contributed by atoms with Crippen molar-refractivity contribution in [3.63, 3.8) is 0 Å². The quantitative estimate of drug-likeness (QED) is 0.308. The Hall–Kier alpha value is -2.24. The van der Waals surface area contributed by atoms with Gasteiger partial charge in [0, 0.05) is 64.1 Å². The van der Waals surface area contributed by atoms with Crippen LogP contribution < -0.4 is 0 Å². The number of aryl methyl sites for hydroxylation is 1. The number of piperidine rings is 2. The van der Waals surface area contributed by atoms with Gasteiger partial charge in [-0.1, -0.05) is 62.2 Å². The van der Waals surface area contributed by atoms with Gasteiger partial charge in [0.25, 0.3) is 5.91 Å². The third-order valence-electron chi connectivity index (χ3n) is 10.4. The lowest BCUT2D eigenvalue weighted by atomic mass is 9.75. The van der Waals surface area contributed by atoms with Crippen LogP contribution in [0.4, 0.5) is 18.0 Å². The van der Waals surface area contributed by atoms with Crippen LogP contribution in [0.15, 0.2) is 12.1 Å². The number of aliphatic carboxylic acids is 1. The molecule has 1 N–H and O–H groups in total. The number of benzene rings is 1. The first kappa shape index (κ1) is 37.6. The molecule has 3 aliphatic heterocycles. The molecule has 8 nitrogen and oxygen atoms in total. The van der Waals surface area contributed by atoms with E-state index in [1.807, 2.05) is 16.7 Å². The molecular weight excluding hydrogens is 658 g/mol. The molecule has 1 atom stereocenters. The van der Waals surface area contributed by atoms with E-state index in [4.69, 9.17) is 37.8 Å². The van der Waals surface area contributed by atoms with Gasteiger partial charge >= 0.3 is 18.2 Å². The third-order valence-corrected chi connectivity index (χ3v) is 11.0. The second kappa shape index (κ2) is 16.4. The largest absolute Gasteiger partial charge is 0.490 e. The molecule has 2 amide bonds. The molecule has 1 aromatic carbocycles. The molecule has 1 aromatic rings. The van der Waals surface area contributed by atoms with Gasteiger partial charge in [-0.05, 0) is 62.6 Å². The van der Waals surface area contributed by atoms with Crippen LogP contribution in [0.1, 0.15) is 99.9 Å². The molecule has 1 spiro atoms. The topological polar surface area (TPSA) is 90.4 Å². The van der Waals surface area contributed by atoms with Gasteiger partial charge in [-0.2, -0.15) is 13.2 Å². The van der Waals surface area contributed by atoms with Crippen molar-refractivity contribution >= 4 is 41.2 Å². The van der Waals surface area contributed by atoms with Gasteiger partial charge in [0.15, 0.2) is 0 Å². The van der Waals surface area contributed by atoms with E-state index in [2.05, 4.69) is 11.8 Å². The van der Waals surface area contributed by atoms with E-state index in [1.54, 1.807) is 12.1 Å². The lowest BCUT2D eigenvalue weighted by molar-refractivity contribution is -0.192. The van der Waals surface area contributed by atoms with Gasteiger partial charge in [-0.25, -0.2) is 9.59 Å². The van der Waals surface area contributed by atoms with Crippen molar-refractivity contribution in [3.05, 3.63) is 33.3 Å². The maximum atomic E-state index is 13.3. The highest BCUT2D eigenvalue weighted by Gasteiger charge is 2.50. The summed E-state index contributed by atoms with van der Waals surface area (Å²) >= 11 is 12.8. The number of carbonyl (C=O) groups excluding carboxylic acids is 2. The first-order valence-electron chi connectivity index (χ1n) is 17.0. The number of nitrogens with zero attached hydrogens (tertiary/aromatic N) is 3. The van der Waals surface area contributed by atoms with Crippen molar-refractivity contribution < 1.29 is 37.4 Å². The van der Waals surface area contributed by atoms with Crippen LogP contribution in [0, 0.1) is 18.8 Å². The van der Waals surface area contributed by atoms with E-state index in [0.29, 0.717) is 46.6 Å². The summed E-state index contributed by atoms with van der Waals surface area (Å²) in [7, 11) is 0. The molecule has 4 aliphatic rings. The van der Waals surface area contributed by atoms with E-state index in [0.717, 1.165) is 63.8 Å². The number of amides is 2. The summed E-state index contributed by atoms with van der Waals surface area (Å²) in [6, 6.07) is 4.05.